The molecular weight excluding hydrogens is 424 g/mol. The number of hydrogen-bond acceptors (Lipinski definition) is 5. The second kappa shape index (κ2) is 7.88. The minimum absolute atomic E-state index is 0.0777. The van der Waals surface area contributed by atoms with Crippen molar-refractivity contribution >= 4 is 49.2 Å². The van der Waals surface area contributed by atoms with Gasteiger partial charge in [-0.3, -0.25) is 9.52 Å². The normalized spacial score (nSPS) is 10.9. The summed E-state index contributed by atoms with van der Waals surface area (Å²) in [6.07, 6.45) is 0. The van der Waals surface area contributed by atoms with Crippen LogP contribution in [0.25, 0.3) is 0 Å². The van der Waals surface area contributed by atoms with Gasteiger partial charge in [0.25, 0.3) is 10.0 Å². The van der Waals surface area contributed by atoms with Crippen molar-refractivity contribution in [3.8, 4) is 0 Å². The van der Waals surface area contributed by atoms with Crippen LogP contribution in [-0.2, 0) is 19.6 Å². The van der Waals surface area contributed by atoms with Gasteiger partial charge in [-0.05, 0) is 58.4 Å². The summed E-state index contributed by atoms with van der Waals surface area (Å²) in [5, 5.41) is 0. The molecule has 7 nitrogen and oxygen atoms in total. The first kappa shape index (κ1) is 19.9. The highest BCUT2D eigenvalue weighted by molar-refractivity contribution is 9.10. The lowest BCUT2D eigenvalue weighted by Crippen LogP contribution is -2.22. The molecule has 0 bridgehead atoms. The second-order valence-corrected chi connectivity index (χ2v) is 7.90. The van der Waals surface area contributed by atoms with Crippen LogP contribution in [0.15, 0.2) is 51.8 Å². The fourth-order valence-corrected chi connectivity index (χ4v) is 3.58. The number of hydrogen-bond donors (Lipinski definition) is 1. The minimum Gasteiger partial charge on any atom is -0.465 e. The molecule has 1 N–H and O–H groups in total. The largest absolute Gasteiger partial charge is 0.465 e. The fourth-order valence-electron chi connectivity index (χ4n) is 2.09. The summed E-state index contributed by atoms with van der Waals surface area (Å²) in [6, 6.07) is 10.4. The van der Waals surface area contributed by atoms with Crippen molar-refractivity contribution in [2.75, 3.05) is 23.8 Å². The first-order valence-corrected chi connectivity index (χ1v) is 9.68. The maximum absolute atomic E-state index is 12.6. The molecule has 26 heavy (non-hydrogen) atoms. The van der Waals surface area contributed by atoms with Crippen LogP contribution in [0, 0.1) is 0 Å². The standard InChI is InChI=1S/C17H17BrN2O5S/c1-11(21)20(2)13-6-4-12(5-7-13)19-26(23,24)14-8-9-16(18)15(10-14)17(22)25-3/h4-10,19H,1-3H3. The predicted molar refractivity (Wildman–Crippen MR) is 102 cm³/mol. The molecule has 0 aliphatic heterocycles. The van der Waals surface area contributed by atoms with Gasteiger partial charge in [-0.15, -0.1) is 0 Å². The van der Waals surface area contributed by atoms with Crippen molar-refractivity contribution in [3.05, 3.63) is 52.5 Å². The number of carbonyl (C=O) groups is 2. The Morgan fingerprint density at radius 2 is 1.73 bits per heavy atom. The number of anilines is 2. The van der Waals surface area contributed by atoms with E-state index in [4.69, 9.17) is 0 Å². The van der Waals surface area contributed by atoms with Crippen LogP contribution in [-0.4, -0.2) is 34.5 Å². The Morgan fingerprint density at radius 1 is 1.12 bits per heavy atom. The molecule has 0 aromatic heterocycles. The number of nitrogens with one attached hydrogen (secondary N) is 1. The highest BCUT2D eigenvalue weighted by Gasteiger charge is 2.19. The number of carbonyl (C=O) groups excluding carboxylic acids is 2. The summed E-state index contributed by atoms with van der Waals surface area (Å²) >= 11 is 3.19. The number of esters is 1. The van der Waals surface area contributed by atoms with E-state index >= 15 is 0 Å². The maximum atomic E-state index is 12.6. The van der Waals surface area contributed by atoms with Gasteiger partial charge in [0, 0.05) is 29.8 Å². The summed E-state index contributed by atoms with van der Waals surface area (Å²) < 4.78 is 32.6. The number of benzene rings is 2. The lowest BCUT2D eigenvalue weighted by molar-refractivity contribution is -0.116. The van der Waals surface area contributed by atoms with Gasteiger partial charge in [0.2, 0.25) is 5.91 Å². The summed E-state index contributed by atoms with van der Waals surface area (Å²) in [5.41, 5.74) is 1.07. The Labute approximate surface area is 160 Å². The average molecular weight is 441 g/mol. The molecule has 1 amide bonds. The third-order valence-corrected chi connectivity index (χ3v) is 5.70. The summed E-state index contributed by atoms with van der Waals surface area (Å²) in [4.78, 5) is 24.4. The minimum atomic E-state index is -3.90. The molecule has 0 radical (unpaired) electrons. The zero-order valence-corrected chi connectivity index (χ0v) is 16.7. The number of nitrogens with zero attached hydrogens (tertiary/aromatic N) is 1. The number of ether oxygens (including phenoxy) is 1. The molecule has 138 valence electrons. The van der Waals surface area contributed by atoms with Crippen LogP contribution >= 0.6 is 15.9 Å². The van der Waals surface area contributed by atoms with Gasteiger partial charge >= 0.3 is 5.97 Å². The van der Waals surface area contributed by atoms with E-state index in [9.17, 15) is 18.0 Å². The van der Waals surface area contributed by atoms with Crippen LogP contribution in [0.2, 0.25) is 0 Å². The summed E-state index contributed by atoms with van der Waals surface area (Å²) in [7, 11) is -1.06. The van der Waals surface area contributed by atoms with Crippen molar-refractivity contribution < 1.29 is 22.7 Å². The van der Waals surface area contributed by atoms with Gasteiger partial charge in [-0.1, -0.05) is 0 Å². The second-order valence-electron chi connectivity index (χ2n) is 5.36. The van der Waals surface area contributed by atoms with Gasteiger partial charge in [-0.25, -0.2) is 13.2 Å². The van der Waals surface area contributed by atoms with Crippen LogP contribution in [0.3, 0.4) is 0 Å². The van der Waals surface area contributed by atoms with Crippen molar-refractivity contribution in [1.82, 2.24) is 0 Å². The van der Waals surface area contributed by atoms with Crippen LogP contribution < -0.4 is 9.62 Å². The van der Waals surface area contributed by atoms with Crippen molar-refractivity contribution in [2.24, 2.45) is 0 Å². The molecule has 0 saturated carbocycles. The Kier molecular flexibility index (Phi) is 6.04. The number of sulfonamides is 1. The summed E-state index contributed by atoms with van der Waals surface area (Å²) in [5.74, 6) is -0.783. The van der Waals surface area contributed by atoms with E-state index in [1.165, 1.54) is 37.1 Å². The quantitative estimate of drug-likeness (QED) is 0.721. The Bertz CT molecular complexity index is 942. The Hall–Kier alpha value is -2.39. The van der Waals surface area contributed by atoms with Crippen molar-refractivity contribution in [3.63, 3.8) is 0 Å². The number of amides is 1. The smallest absolute Gasteiger partial charge is 0.339 e. The third-order valence-electron chi connectivity index (χ3n) is 3.63. The molecule has 2 aromatic rings. The van der Waals surface area contributed by atoms with Crippen molar-refractivity contribution in [1.29, 1.82) is 0 Å². The maximum Gasteiger partial charge on any atom is 0.339 e. The number of halogens is 1. The van der Waals surface area contributed by atoms with Gasteiger partial charge in [-0.2, -0.15) is 0 Å². The molecule has 0 aliphatic rings. The van der Waals surface area contributed by atoms with Gasteiger partial charge in [0.1, 0.15) is 0 Å². The third kappa shape index (κ3) is 4.41. The number of methoxy groups -OCH3 is 1. The molecule has 0 atom stereocenters. The Morgan fingerprint density at radius 3 is 2.27 bits per heavy atom. The highest BCUT2D eigenvalue weighted by atomic mass is 79.9. The molecule has 0 unspecified atom stereocenters. The van der Waals surface area contributed by atoms with E-state index in [0.29, 0.717) is 15.8 Å². The Balaban J connectivity index is 2.29. The molecule has 0 aliphatic carbocycles. The molecule has 2 rings (SSSR count). The van der Waals surface area contributed by atoms with E-state index in [0.717, 1.165) is 0 Å². The molecule has 9 heteroatoms. The SMILES string of the molecule is COC(=O)c1cc(S(=O)(=O)Nc2ccc(N(C)C(C)=O)cc2)ccc1Br. The lowest BCUT2D eigenvalue weighted by Gasteiger charge is -2.15. The molecule has 0 saturated heterocycles. The first-order valence-electron chi connectivity index (χ1n) is 7.41. The van der Waals surface area contributed by atoms with Gasteiger partial charge in [0.05, 0.1) is 17.6 Å². The molecule has 0 heterocycles. The fraction of sp³-hybridized carbons (Fsp3) is 0.176. The van der Waals surface area contributed by atoms with Crippen LogP contribution in [0.4, 0.5) is 11.4 Å². The summed E-state index contributed by atoms with van der Waals surface area (Å²) in [6.45, 7) is 1.43. The van der Waals surface area contributed by atoms with Gasteiger partial charge < -0.3 is 9.64 Å². The van der Waals surface area contributed by atoms with E-state index in [-0.39, 0.29) is 16.4 Å². The molecule has 2 aromatic carbocycles. The lowest BCUT2D eigenvalue weighted by atomic mass is 10.2. The monoisotopic (exact) mass is 440 g/mol. The predicted octanol–water partition coefficient (Wildman–Crippen LogP) is 3.02. The zero-order valence-electron chi connectivity index (χ0n) is 14.3. The van der Waals surface area contributed by atoms with Crippen LogP contribution in [0.1, 0.15) is 17.3 Å². The van der Waals surface area contributed by atoms with E-state index in [1.807, 2.05) is 0 Å². The molecule has 0 fully saturated rings. The highest BCUT2D eigenvalue weighted by Crippen LogP contribution is 2.24. The average Bonchev–Trinajstić information content (AvgIpc) is 2.60. The van der Waals surface area contributed by atoms with E-state index in [2.05, 4.69) is 25.4 Å². The van der Waals surface area contributed by atoms with E-state index < -0.39 is 16.0 Å². The van der Waals surface area contributed by atoms with Crippen LogP contribution in [0.5, 0.6) is 0 Å². The topological polar surface area (TPSA) is 92.8 Å². The molecule has 0 spiro atoms. The number of rotatable bonds is 5. The van der Waals surface area contributed by atoms with Crippen molar-refractivity contribution in [2.45, 2.75) is 11.8 Å². The van der Waals surface area contributed by atoms with E-state index in [1.54, 1.807) is 31.3 Å². The first-order chi connectivity index (χ1) is 12.2. The van der Waals surface area contributed by atoms with Gasteiger partial charge in [0.15, 0.2) is 0 Å². The molecular formula is C17H17BrN2O5S. The zero-order chi connectivity index (χ0) is 19.5.